The number of aromatic nitrogens is 1. The molecule has 0 aliphatic carbocycles. The third-order valence-corrected chi connectivity index (χ3v) is 6.09. The summed E-state index contributed by atoms with van der Waals surface area (Å²) in [6.07, 6.45) is 1.88. The molecule has 0 fully saturated rings. The van der Waals surface area contributed by atoms with Crippen LogP contribution in [-0.4, -0.2) is 26.0 Å². The van der Waals surface area contributed by atoms with Crippen LogP contribution in [0.2, 0.25) is 0 Å². The van der Waals surface area contributed by atoms with Gasteiger partial charge in [-0.2, -0.15) is 0 Å². The van der Waals surface area contributed by atoms with Gasteiger partial charge in [0.1, 0.15) is 0 Å². The summed E-state index contributed by atoms with van der Waals surface area (Å²) >= 11 is 5.71. The van der Waals surface area contributed by atoms with Crippen molar-refractivity contribution in [2.24, 2.45) is 0 Å². The van der Waals surface area contributed by atoms with Crippen LogP contribution < -0.4 is 10.0 Å². The summed E-state index contributed by atoms with van der Waals surface area (Å²) in [5.74, 6) is 0.770. The van der Waals surface area contributed by atoms with Crippen LogP contribution in [0.4, 0.5) is 11.6 Å². The summed E-state index contributed by atoms with van der Waals surface area (Å²) in [5, 5.41) is 8.64. The normalized spacial score (nSPS) is 11.7. The Labute approximate surface area is 163 Å². The SMILES string of the molecule is Cc1noc(NS(=O)(=O)c2cccc3c(NCCCCCl)cccc23)c1C. The van der Waals surface area contributed by atoms with Crippen molar-refractivity contribution >= 4 is 44.0 Å². The quantitative estimate of drug-likeness (QED) is 0.418. The minimum Gasteiger partial charge on any atom is -0.385 e. The van der Waals surface area contributed by atoms with E-state index in [1.54, 1.807) is 32.0 Å². The second-order valence-corrected chi connectivity index (χ2v) is 8.34. The van der Waals surface area contributed by atoms with Gasteiger partial charge in [-0.05, 0) is 38.8 Å². The van der Waals surface area contributed by atoms with Gasteiger partial charge in [0, 0.05) is 34.4 Å². The Hall–Kier alpha value is -2.25. The summed E-state index contributed by atoms with van der Waals surface area (Å²) in [6.45, 7) is 4.30. The van der Waals surface area contributed by atoms with Crippen LogP contribution >= 0.6 is 11.6 Å². The maximum atomic E-state index is 13.0. The molecule has 3 aromatic rings. The van der Waals surface area contributed by atoms with Gasteiger partial charge in [0.2, 0.25) is 5.88 Å². The highest BCUT2D eigenvalue weighted by Crippen LogP contribution is 2.30. The number of sulfonamides is 1. The monoisotopic (exact) mass is 407 g/mol. The maximum absolute atomic E-state index is 13.0. The predicted molar refractivity (Wildman–Crippen MR) is 109 cm³/mol. The molecule has 144 valence electrons. The van der Waals surface area contributed by atoms with E-state index < -0.39 is 10.0 Å². The van der Waals surface area contributed by atoms with Gasteiger partial charge >= 0.3 is 0 Å². The van der Waals surface area contributed by atoms with Gasteiger partial charge in [0.25, 0.3) is 10.0 Å². The van der Waals surface area contributed by atoms with Gasteiger partial charge in [-0.1, -0.05) is 29.4 Å². The number of anilines is 2. The smallest absolute Gasteiger partial charge is 0.264 e. The molecule has 1 heterocycles. The number of rotatable bonds is 8. The lowest BCUT2D eigenvalue weighted by molar-refractivity contribution is 0.430. The molecular weight excluding hydrogens is 386 g/mol. The average Bonchev–Trinajstić information content (AvgIpc) is 2.96. The Kier molecular flexibility index (Phi) is 5.92. The van der Waals surface area contributed by atoms with Crippen LogP contribution in [0.15, 0.2) is 45.8 Å². The van der Waals surface area contributed by atoms with Crippen molar-refractivity contribution in [3.63, 3.8) is 0 Å². The van der Waals surface area contributed by atoms with E-state index in [1.165, 1.54) is 0 Å². The lowest BCUT2D eigenvalue weighted by Gasteiger charge is -2.13. The number of unbranched alkanes of at least 4 members (excludes halogenated alkanes) is 1. The Morgan fingerprint density at radius 1 is 1.07 bits per heavy atom. The zero-order chi connectivity index (χ0) is 19.4. The minimum absolute atomic E-state index is 0.139. The van der Waals surface area contributed by atoms with Crippen molar-refractivity contribution in [1.29, 1.82) is 0 Å². The summed E-state index contributed by atoms with van der Waals surface area (Å²) in [4.78, 5) is 0.192. The van der Waals surface area contributed by atoms with Crippen molar-refractivity contribution in [2.45, 2.75) is 31.6 Å². The first-order chi connectivity index (χ1) is 12.9. The first-order valence-electron chi connectivity index (χ1n) is 8.71. The molecule has 0 atom stereocenters. The van der Waals surface area contributed by atoms with Crippen molar-refractivity contribution in [2.75, 3.05) is 22.5 Å². The molecule has 3 rings (SSSR count). The number of hydrogen-bond donors (Lipinski definition) is 2. The molecular formula is C19H22ClN3O3S. The third kappa shape index (κ3) is 4.20. The number of benzene rings is 2. The van der Waals surface area contributed by atoms with Crippen molar-refractivity contribution in [3.05, 3.63) is 47.7 Å². The van der Waals surface area contributed by atoms with E-state index >= 15 is 0 Å². The number of alkyl halides is 1. The highest BCUT2D eigenvalue weighted by atomic mass is 35.5. The van der Waals surface area contributed by atoms with Gasteiger partial charge < -0.3 is 9.84 Å². The number of hydrogen-bond acceptors (Lipinski definition) is 5. The van der Waals surface area contributed by atoms with E-state index in [2.05, 4.69) is 15.2 Å². The Morgan fingerprint density at radius 2 is 1.81 bits per heavy atom. The van der Waals surface area contributed by atoms with Crippen molar-refractivity contribution < 1.29 is 12.9 Å². The second kappa shape index (κ2) is 8.19. The van der Waals surface area contributed by atoms with Gasteiger partial charge in [0.05, 0.1) is 10.6 Å². The standard InChI is InChI=1S/C19H22ClN3O3S/c1-13-14(2)22-26-19(13)23-27(24,25)18-10-6-7-15-16(18)8-5-9-17(15)21-12-4-3-11-20/h5-10,21,23H,3-4,11-12H2,1-2H3. The lowest BCUT2D eigenvalue weighted by Crippen LogP contribution is -2.14. The summed E-state index contributed by atoms with van der Waals surface area (Å²) in [6, 6.07) is 10.8. The molecule has 2 aromatic carbocycles. The fraction of sp³-hybridized carbons (Fsp3) is 0.316. The Balaban J connectivity index is 1.95. The minimum atomic E-state index is -3.82. The largest absolute Gasteiger partial charge is 0.385 e. The third-order valence-electron chi connectivity index (χ3n) is 4.43. The van der Waals surface area contributed by atoms with E-state index in [9.17, 15) is 8.42 Å². The molecule has 8 heteroatoms. The molecule has 6 nitrogen and oxygen atoms in total. The van der Waals surface area contributed by atoms with E-state index in [4.69, 9.17) is 16.1 Å². The second-order valence-electron chi connectivity index (χ2n) is 6.31. The summed E-state index contributed by atoms with van der Waals surface area (Å²) < 4.78 is 33.5. The molecule has 0 unspecified atom stereocenters. The van der Waals surface area contributed by atoms with E-state index in [1.807, 2.05) is 18.2 Å². The van der Waals surface area contributed by atoms with Crippen LogP contribution in [0, 0.1) is 13.8 Å². The number of aryl methyl sites for hydroxylation is 1. The van der Waals surface area contributed by atoms with Crippen LogP contribution in [-0.2, 0) is 10.0 Å². The van der Waals surface area contributed by atoms with E-state index in [0.29, 0.717) is 22.5 Å². The van der Waals surface area contributed by atoms with E-state index in [0.717, 1.165) is 30.5 Å². The van der Waals surface area contributed by atoms with E-state index in [-0.39, 0.29) is 10.8 Å². The number of nitrogens with one attached hydrogen (secondary N) is 2. The fourth-order valence-electron chi connectivity index (χ4n) is 2.80. The molecule has 0 saturated heterocycles. The molecule has 0 radical (unpaired) electrons. The maximum Gasteiger partial charge on any atom is 0.264 e. The fourth-order valence-corrected chi connectivity index (χ4v) is 4.26. The zero-order valence-electron chi connectivity index (χ0n) is 15.3. The number of halogens is 1. The highest BCUT2D eigenvalue weighted by molar-refractivity contribution is 7.93. The average molecular weight is 408 g/mol. The molecule has 0 bridgehead atoms. The molecule has 0 amide bonds. The highest BCUT2D eigenvalue weighted by Gasteiger charge is 2.21. The van der Waals surface area contributed by atoms with Crippen LogP contribution in [0.5, 0.6) is 0 Å². The molecule has 27 heavy (non-hydrogen) atoms. The number of nitrogens with zero attached hydrogens (tertiary/aromatic N) is 1. The first kappa shape index (κ1) is 19.5. The van der Waals surface area contributed by atoms with Gasteiger partial charge in [-0.25, -0.2) is 13.1 Å². The van der Waals surface area contributed by atoms with Crippen LogP contribution in [0.1, 0.15) is 24.1 Å². The zero-order valence-corrected chi connectivity index (χ0v) is 16.8. The summed E-state index contributed by atoms with van der Waals surface area (Å²) in [7, 11) is -3.82. The van der Waals surface area contributed by atoms with Crippen LogP contribution in [0.25, 0.3) is 10.8 Å². The Bertz CT molecular complexity index is 1050. The topological polar surface area (TPSA) is 84.2 Å². The Morgan fingerprint density at radius 3 is 2.52 bits per heavy atom. The molecule has 0 spiro atoms. The van der Waals surface area contributed by atoms with Gasteiger partial charge in [-0.15, -0.1) is 11.6 Å². The molecule has 2 N–H and O–H groups in total. The summed E-state index contributed by atoms with van der Waals surface area (Å²) in [5.41, 5.74) is 2.21. The van der Waals surface area contributed by atoms with Crippen molar-refractivity contribution in [3.8, 4) is 0 Å². The van der Waals surface area contributed by atoms with Gasteiger partial charge in [-0.3, -0.25) is 0 Å². The first-order valence-corrected chi connectivity index (χ1v) is 10.7. The van der Waals surface area contributed by atoms with Gasteiger partial charge in [0.15, 0.2) is 0 Å². The molecule has 0 aliphatic rings. The number of fused-ring (bicyclic) bond motifs is 1. The van der Waals surface area contributed by atoms with Crippen LogP contribution in [0.3, 0.4) is 0 Å². The lowest BCUT2D eigenvalue weighted by atomic mass is 10.1. The van der Waals surface area contributed by atoms with Crippen molar-refractivity contribution in [1.82, 2.24) is 5.16 Å². The molecule has 0 aliphatic heterocycles. The molecule has 1 aromatic heterocycles. The molecule has 0 saturated carbocycles. The predicted octanol–water partition coefficient (Wildman–Crippen LogP) is 4.68.